The fraction of sp³-hybridized carbons (Fsp3) is 0.661. The maximum absolute atomic E-state index is 14.3. The van der Waals surface area contributed by atoms with Gasteiger partial charge in [-0.15, -0.1) is 0 Å². The number of fused-ring (bicyclic) bond motifs is 10. The van der Waals surface area contributed by atoms with Crippen LogP contribution in [0, 0.1) is 59.2 Å². The highest BCUT2D eigenvalue weighted by Crippen LogP contribution is 2.62. The van der Waals surface area contributed by atoms with Gasteiger partial charge in [-0.3, -0.25) is 42.6 Å². The number of allylic oxidation sites excluding steroid dienone is 3. The largest absolute Gasteiger partial charge is 0.473 e. The predicted molar refractivity (Wildman–Crippen MR) is 331 cm³/mol. The number of nitrogens with two attached hydrogens (primary N) is 6. The van der Waals surface area contributed by atoms with Gasteiger partial charge in [0.1, 0.15) is 24.4 Å². The maximum atomic E-state index is 14.3. The van der Waals surface area contributed by atoms with E-state index in [1.165, 1.54) is 6.92 Å². The van der Waals surface area contributed by atoms with Crippen molar-refractivity contribution in [3.63, 3.8) is 0 Å². The zero-order chi connectivity index (χ0) is 66.7. The average Bonchev–Trinajstić information content (AvgIpc) is 1.53. The molecular weight excluding hydrogens is 1180 g/mol. The Balaban J connectivity index is 1.20. The minimum atomic E-state index is -5.10. The summed E-state index contributed by atoms with van der Waals surface area (Å²) in [5, 5.41) is 37.3. The van der Waals surface area contributed by atoms with Crippen LogP contribution in [0.5, 0.6) is 0 Å². The molecule has 28 heteroatoms. The number of nitrogens with zero attached hydrogens (tertiary/aromatic N) is 2. The standard InChI is InChI=1S/C62H94N13O14P/c1-29-20-39-40(21-30(29)2)75(28-70-39)57-52(84)53(41(27-76)87-57)89-90(85,86)88-31(3)26-69-49(83)18-19-59(8)37(22-46(66)80)56-62(11)61(10,25-48(68)82)36(14-17-45(65)79)51(74-62)33(5)55-60(9,24-47(67)81)34(12-15-43(63)77)38(71-55)23-42-58(6,7)35(13-16-44(64)78)50(72-42)32(4)54(59)73-56/h20-21,23,26,28,31,34-38,41,50-53,56-57,71-74,76,84H,12-19,22,24-25,27H2,1-11H3,(H13,63,64,65,66,67,68,77,78,79,80,81,82,85,86)/p+1/b42-23-,54-32-,55-33-,69-26?. The SMILES string of the molecule is C/C1=C2/NC(C(CC(N)=O)C2(C)CCC(=O)N=CC(C)OP(=O)(O)OC2C(CO)OC([n+]3c[nH]c4cc(C)c(C)cc43)C2O)C2(C)NC(/C(C)=C3\NC(/C=C4\NC1C(CCC(N)=O)C4(C)C)C(CCC(N)=O)C3(C)CC(N)=O)C(CCC(N)=O)C2(C)CC(N)=O. The van der Waals surface area contributed by atoms with Crippen LogP contribution in [0.25, 0.3) is 11.0 Å². The van der Waals surface area contributed by atoms with Crippen LogP contribution in [-0.2, 0) is 51.9 Å². The highest BCUT2D eigenvalue weighted by Gasteiger charge is 2.68. The number of primary amides is 6. The van der Waals surface area contributed by atoms with Crippen molar-refractivity contribution in [3.8, 4) is 0 Å². The van der Waals surface area contributed by atoms with Gasteiger partial charge in [0.15, 0.2) is 11.0 Å². The van der Waals surface area contributed by atoms with Crippen LogP contribution >= 0.6 is 7.82 Å². The Kier molecular flexibility index (Phi) is 19.9. The van der Waals surface area contributed by atoms with Gasteiger partial charge < -0.3 is 75.5 Å². The van der Waals surface area contributed by atoms with Crippen LogP contribution in [-0.4, -0.2) is 128 Å². The van der Waals surface area contributed by atoms with E-state index in [0.717, 1.165) is 34.1 Å². The number of carbonyl (C=O) groups is 7. The van der Waals surface area contributed by atoms with Crippen molar-refractivity contribution in [2.24, 2.45) is 84.7 Å². The number of hydrogen-bond donors (Lipinski definition) is 14. The second kappa shape index (κ2) is 25.8. The average molecular weight is 1280 g/mol. The molecule has 8 rings (SSSR count). The lowest BCUT2D eigenvalue weighted by molar-refractivity contribution is -0.743. The molecule has 6 aliphatic heterocycles. The number of imidazole rings is 1. The molecule has 8 bridgehead atoms. The Hall–Kier alpha value is -6.58. The smallest absolute Gasteiger partial charge is 0.394 e. The maximum Gasteiger partial charge on any atom is 0.473 e. The number of aryl methyl sites for hydroxylation is 2. The molecule has 0 aliphatic carbocycles. The lowest BCUT2D eigenvalue weighted by Gasteiger charge is -2.49. The van der Waals surface area contributed by atoms with Gasteiger partial charge in [0.2, 0.25) is 53.9 Å². The van der Waals surface area contributed by atoms with E-state index in [4.69, 9.17) is 48.2 Å². The molecule has 0 spiro atoms. The summed E-state index contributed by atoms with van der Waals surface area (Å²) >= 11 is 0. The van der Waals surface area contributed by atoms with Crippen molar-refractivity contribution in [1.29, 1.82) is 0 Å². The number of hydrogen-bond acceptors (Lipinski definition) is 17. The number of H-pyrrole nitrogens is 1. The quantitative estimate of drug-likeness (QED) is 0.0381. The molecule has 7 amide bonds. The predicted octanol–water partition coefficient (Wildman–Crippen LogP) is 1.62. The second-order valence-electron chi connectivity index (χ2n) is 27.7. The third kappa shape index (κ3) is 13.1. The van der Waals surface area contributed by atoms with Crippen molar-refractivity contribution in [2.75, 3.05) is 6.61 Å². The number of phosphoric ester groups is 1. The van der Waals surface area contributed by atoms with Gasteiger partial charge in [0, 0.05) is 119 Å². The Bertz CT molecular complexity index is 3380. The molecule has 90 heavy (non-hydrogen) atoms. The van der Waals surface area contributed by atoms with Gasteiger partial charge in [-0.2, -0.15) is 4.57 Å². The normalized spacial score (nSPS) is 36.8. The van der Waals surface area contributed by atoms with Gasteiger partial charge in [-0.25, -0.2) is 14.5 Å². The van der Waals surface area contributed by atoms with E-state index in [0.29, 0.717) is 28.9 Å². The summed E-state index contributed by atoms with van der Waals surface area (Å²) in [5.41, 5.74) is 37.9. The number of aliphatic hydroxyl groups excluding tert-OH is 2. The number of amides is 7. The van der Waals surface area contributed by atoms with Crippen molar-refractivity contribution < 1.29 is 71.6 Å². The van der Waals surface area contributed by atoms with Gasteiger partial charge in [0.25, 0.3) is 0 Å². The summed E-state index contributed by atoms with van der Waals surface area (Å²) in [6.07, 6.45) is -2.37. The van der Waals surface area contributed by atoms with E-state index < -0.39 is 156 Å². The summed E-state index contributed by atoms with van der Waals surface area (Å²) in [7, 11) is -5.10. The van der Waals surface area contributed by atoms with E-state index in [2.05, 4.69) is 51.2 Å². The molecule has 5 saturated heterocycles. The minimum Gasteiger partial charge on any atom is -0.394 e. The first kappa shape index (κ1) is 69.3. The Labute approximate surface area is 524 Å². The first-order chi connectivity index (χ1) is 41.8. The number of ether oxygens (including phenoxy) is 1. The van der Waals surface area contributed by atoms with Gasteiger partial charge in [-0.1, -0.05) is 34.6 Å². The molecule has 0 saturated carbocycles. The van der Waals surface area contributed by atoms with Crippen molar-refractivity contribution in [3.05, 3.63) is 63.9 Å². The zero-order valence-corrected chi connectivity index (χ0v) is 54.4. The summed E-state index contributed by atoms with van der Waals surface area (Å²) in [6, 6.07) is 1.20. The van der Waals surface area contributed by atoms with Crippen LogP contribution in [0.15, 0.2) is 57.8 Å². The topological polar surface area (TPSA) is 461 Å². The molecule has 18 unspecified atom stereocenters. The van der Waals surface area contributed by atoms with E-state index in [-0.39, 0.29) is 70.1 Å². The number of rotatable bonds is 25. The molecule has 18 atom stereocenters. The molecule has 1 aromatic heterocycles. The van der Waals surface area contributed by atoms with Crippen LogP contribution in [0.3, 0.4) is 0 Å². The number of aliphatic imine (C=N–C) groups is 1. The van der Waals surface area contributed by atoms with Crippen molar-refractivity contribution in [1.82, 2.24) is 26.3 Å². The first-order valence-corrected chi connectivity index (χ1v) is 32.5. The molecule has 496 valence electrons. The number of nitrogens with one attached hydrogen (secondary N) is 5. The Morgan fingerprint density at radius 1 is 0.744 bits per heavy atom. The van der Waals surface area contributed by atoms with E-state index in [1.807, 2.05) is 67.5 Å². The molecule has 27 nitrogen and oxygen atoms in total. The van der Waals surface area contributed by atoms with Crippen molar-refractivity contribution >= 4 is 66.4 Å². The highest BCUT2D eigenvalue weighted by atomic mass is 31.2. The molecule has 20 N–H and O–H groups in total. The van der Waals surface area contributed by atoms with Crippen LogP contribution in [0.4, 0.5) is 0 Å². The monoisotopic (exact) mass is 1280 g/mol. The minimum absolute atomic E-state index is 0.0185. The highest BCUT2D eigenvalue weighted by molar-refractivity contribution is 7.47. The van der Waals surface area contributed by atoms with Gasteiger partial charge in [-0.05, 0) is 125 Å². The third-order valence-corrected chi connectivity index (χ3v) is 22.7. The first-order valence-electron chi connectivity index (χ1n) is 31.0. The summed E-state index contributed by atoms with van der Waals surface area (Å²) in [5.74, 6) is -6.45. The summed E-state index contributed by atoms with van der Waals surface area (Å²) in [6.45, 7) is 20.2. The van der Waals surface area contributed by atoms with Crippen LogP contribution in [0.1, 0.15) is 150 Å². The number of carbonyl (C=O) groups excluding carboxylic acids is 7. The van der Waals surface area contributed by atoms with Gasteiger partial charge >= 0.3 is 7.82 Å². The fourth-order valence-corrected chi connectivity index (χ4v) is 17.7. The number of phosphoric acid groups is 1. The molecule has 1 aromatic carbocycles. The van der Waals surface area contributed by atoms with E-state index in [1.54, 1.807) is 10.9 Å². The molecule has 5 fully saturated rings. The zero-order valence-electron chi connectivity index (χ0n) is 53.5. The number of aromatic nitrogens is 2. The van der Waals surface area contributed by atoms with E-state index >= 15 is 0 Å². The molecule has 6 aliphatic rings. The number of benzene rings is 1. The van der Waals surface area contributed by atoms with Gasteiger partial charge in [0.05, 0.1) is 12.6 Å². The van der Waals surface area contributed by atoms with Crippen molar-refractivity contribution in [2.45, 2.75) is 207 Å². The number of aromatic amines is 1. The third-order valence-electron chi connectivity index (χ3n) is 21.6. The lowest BCUT2D eigenvalue weighted by Crippen LogP contribution is -2.64. The molecule has 2 aromatic rings. The van der Waals surface area contributed by atoms with E-state index in [9.17, 15) is 53.2 Å². The lowest BCUT2D eigenvalue weighted by atomic mass is 9.56. The molecular formula is C62H95N13O14P+. The molecule has 0 radical (unpaired) electrons. The molecule has 7 heterocycles. The number of aliphatic hydroxyl groups is 2. The Morgan fingerprint density at radius 3 is 1.91 bits per heavy atom. The fourth-order valence-electron chi connectivity index (χ4n) is 16.6. The second-order valence-corrected chi connectivity index (χ2v) is 29.1. The Morgan fingerprint density at radius 2 is 1.32 bits per heavy atom. The summed E-state index contributed by atoms with van der Waals surface area (Å²) in [4.78, 5) is 112. The van der Waals surface area contributed by atoms with Crippen LogP contribution in [0.2, 0.25) is 0 Å². The summed E-state index contributed by atoms with van der Waals surface area (Å²) < 4.78 is 32.2. The van der Waals surface area contributed by atoms with Crippen LogP contribution < -0.4 is 60.2 Å².